The molecule has 0 aliphatic carbocycles. The summed E-state index contributed by atoms with van der Waals surface area (Å²) in [7, 11) is 3.78. The number of hydrogen-bond donors (Lipinski definition) is 0. The molecule has 1 aliphatic rings. The number of hydrogen-bond acceptors (Lipinski definition) is 6. The number of rotatable bonds is 4. The van der Waals surface area contributed by atoms with E-state index in [-0.39, 0.29) is 12.0 Å². The maximum Gasteiger partial charge on any atom is 0.289 e. The van der Waals surface area contributed by atoms with Crippen LogP contribution in [0.1, 0.15) is 23.4 Å². The van der Waals surface area contributed by atoms with Crippen molar-refractivity contribution in [2.45, 2.75) is 18.9 Å². The minimum absolute atomic E-state index is 0.114. The summed E-state index contributed by atoms with van der Waals surface area (Å²) >= 11 is 3.22. The molecule has 1 unspecified atom stereocenters. The topological polar surface area (TPSA) is 71.7 Å². The number of carbonyl (C=O) groups is 1. The zero-order valence-electron chi connectivity index (χ0n) is 13.6. The van der Waals surface area contributed by atoms with E-state index in [4.69, 9.17) is 9.15 Å². The van der Waals surface area contributed by atoms with Gasteiger partial charge in [-0.25, -0.2) is 9.97 Å². The number of halogens is 1. The number of carbonyl (C=O) groups excluding carboxylic acids is 1. The van der Waals surface area contributed by atoms with Crippen LogP contribution in [0.3, 0.4) is 0 Å². The van der Waals surface area contributed by atoms with Gasteiger partial charge in [0.1, 0.15) is 6.10 Å². The SMILES string of the molecule is CN(C)c1nccnc1OC1CCCN(C(=O)c2ccc(Br)o2)C1. The van der Waals surface area contributed by atoms with E-state index in [0.29, 0.717) is 35.2 Å². The van der Waals surface area contributed by atoms with Crippen LogP contribution in [-0.2, 0) is 0 Å². The average molecular weight is 395 g/mol. The number of aromatic nitrogens is 2. The quantitative estimate of drug-likeness (QED) is 0.793. The van der Waals surface area contributed by atoms with E-state index in [0.717, 1.165) is 12.8 Å². The van der Waals surface area contributed by atoms with Crippen LogP contribution in [-0.4, -0.2) is 54.1 Å². The molecule has 0 aromatic carbocycles. The predicted octanol–water partition coefficient (Wildman–Crippen LogP) is 2.58. The van der Waals surface area contributed by atoms with Crippen LogP contribution in [0.2, 0.25) is 0 Å². The second-order valence-corrected chi connectivity index (χ2v) is 6.60. The molecule has 3 rings (SSSR count). The summed E-state index contributed by atoms with van der Waals surface area (Å²) in [4.78, 5) is 24.7. The number of nitrogens with zero attached hydrogens (tertiary/aromatic N) is 4. The second-order valence-electron chi connectivity index (χ2n) is 5.82. The molecule has 1 amide bonds. The lowest BCUT2D eigenvalue weighted by Gasteiger charge is -2.32. The number of furan rings is 1. The van der Waals surface area contributed by atoms with Crippen LogP contribution in [0, 0.1) is 0 Å². The third-order valence-corrected chi connectivity index (χ3v) is 4.22. The minimum Gasteiger partial charge on any atom is -0.470 e. The van der Waals surface area contributed by atoms with Crippen molar-refractivity contribution < 1.29 is 13.9 Å². The van der Waals surface area contributed by atoms with Gasteiger partial charge in [-0.05, 0) is 40.9 Å². The largest absolute Gasteiger partial charge is 0.470 e. The normalized spacial score (nSPS) is 17.6. The van der Waals surface area contributed by atoms with Crippen LogP contribution < -0.4 is 9.64 Å². The highest BCUT2D eigenvalue weighted by Crippen LogP contribution is 2.25. The molecule has 128 valence electrons. The fraction of sp³-hybridized carbons (Fsp3) is 0.438. The van der Waals surface area contributed by atoms with Gasteiger partial charge in [-0.15, -0.1) is 0 Å². The van der Waals surface area contributed by atoms with Crippen molar-refractivity contribution in [2.24, 2.45) is 0 Å². The van der Waals surface area contributed by atoms with Gasteiger partial charge in [0, 0.05) is 33.0 Å². The third kappa shape index (κ3) is 3.69. The van der Waals surface area contributed by atoms with Crippen molar-refractivity contribution in [1.29, 1.82) is 0 Å². The summed E-state index contributed by atoms with van der Waals surface area (Å²) in [6.07, 6.45) is 4.86. The van der Waals surface area contributed by atoms with Gasteiger partial charge in [-0.3, -0.25) is 4.79 Å². The number of likely N-dealkylation sites (tertiary alicyclic amines) is 1. The van der Waals surface area contributed by atoms with Gasteiger partial charge in [0.05, 0.1) is 6.54 Å². The molecule has 24 heavy (non-hydrogen) atoms. The van der Waals surface area contributed by atoms with E-state index in [9.17, 15) is 4.79 Å². The van der Waals surface area contributed by atoms with Crippen molar-refractivity contribution in [3.63, 3.8) is 0 Å². The molecular weight excluding hydrogens is 376 g/mol. The second kappa shape index (κ2) is 7.21. The number of amides is 1. The van der Waals surface area contributed by atoms with Gasteiger partial charge in [0.2, 0.25) is 0 Å². The van der Waals surface area contributed by atoms with Gasteiger partial charge >= 0.3 is 0 Å². The molecule has 1 atom stereocenters. The van der Waals surface area contributed by atoms with Gasteiger partial charge in [-0.1, -0.05) is 0 Å². The molecule has 1 saturated heterocycles. The fourth-order valence-corrected chi connectivity index (χ4v) is 2.98. The highest BCUT2D eigenvalue weighted by molar-refractivity contribution is 9.10. The first-order valence-electron chi connectivity index (χ1n) is 7.74. The van der Waals surface area contributed by atoms with Crippen molar-refractivity contribution >= 4 is 27.7 Å². The Morgan fingerprint density at radius 3 is 2.88 bits per heavy atom. The maximum absolute atomic E-state index is 12.5. The minimum atomic E-state index is -0.124. The van der Waals surface area contributed by atoms with Crippen molar-refractivity contribution in [2.75, 3.05) is 32.1 Å². The van der Waals surface area contributed by atoms with E-state index in [1.165, 1.54) is 0 Å². The Balaban J connectivity index is 1.69. The molecule has 7 nitrogen and oxygen atoms in total. The molecule has 1 fully saturated rings. The fourth-order valence-electron chi connectivity index (χ4n) is 2.67. The van der Waals surface area contributed by atoms with Crippen molar-refractivity contribution in [3.05, 3.63) is 35.0 Å². The Morgan fingerprint density at radius 2 is 2.17 bits per heavy atom. The smallest absolute Gasteiger partial charge is 0.289 e. The van der Waals surface area contributed by atoms with Crippen LogP contribution >= 0.6 is 15.9 Å². The van der Waals surface area contributed by atoms with E-state index in [1.54, 1.807) is 29.4 Å². The van der Waals surface area contributed by atoms with Crippen LogP contribution in [0.5, 0.6) is 5.88 Å². The lowest BCUT2D eigenvalue weighted by molar-refractivity contribution is 0.0500. The van der Waals surface area contributed by atoms with E-state index < -0.39 is 0 Å². The third-order valence-electron chi connectivity index (χ3n) is 3.80. The van der Waals surface area contributed by atoms with Crippen LogP contribution in [0.25, 0.3) is 0 Å². The number of ether oxygens (including phenoxy) is 1. The summed E-state index contributed by atoms with van der Waals surface area (Å²) in [6, 6.07) is 3.39. The molecule has 0 N–H and O–H groups in total. The van der Waals surface area contributed by atoms with E-state index >= 15 is 0 Å². The molecule has 0 spiro atoms. The van der Waals surface area contributed by atoms with Crippen LogP contribution in [0.15, 0.2) is 33.6 Å². The summed E-state index contributed by atoms with van der Waals surface area (Å²) in [6.45, 7) is 1.19. The first-order valence-corrected chi connectivity index (χ1v) is 8.53. The molecule has 3 heterocycles. The van der Waals surface area contributed by atoms with Crippen molar-refractivity contribution in [1.82, 2.24) is 14.9 Å². The van der Waals surface area contributed by atoms with Crippen LogP contribution in [0.4, 0.5) is 5.82 Å². The van der Waals surface area contributed by atoms with Gasteiger partial charge < -0.3 is 19.0 Å². The Bertz CT molecular complexity index is 719. The molecule has 2 aromatic rings. The predicted molar refractivity (Wildman–Crippen MR) is 92.3 cm³/mol. The summed E-state index contributed by atoms with van der Waals surface area (Å²) < 4.78 is 11.9. The highest BCUT2D eigenvalue weighted by Gasteiger charge is 2.28. The average Bonchev–Trinajstić information content (AvgIpc) is 3.01. The van der Waals surface area contributed by atoms with E-state index in [1.807, 2.05) is 19.0 Å². The lowest BCUT2D eigenvalue weighted by atomic mass is 10.1. The molecule has 0 saturated carbocycles. The first kappa shape index (κ1) is 16.8. The first-order chi connectivity index (χ1) is 11.5. The zero-order valence-corrected chi connectivity index (χ0v) is 15.2. The maximum atomic E-state index is 12.5. The summed E-state index contributed by atoms with van der Waals surface area (Å²) in [5.41, 5.74) is 0. The number of piperidine rings is 1. The van der Waals surface area contributed by atoms with Gasteiger partial charge in [0.15, 0.2) is 16.2 Å². The standard InChI is InChI=1S/C16H19BrN4O3/c1-20(2)14-15(19-8-7-18-14)23-11-4-3-9-21(10-11)16(22)12-5-6-13(17)24-12/h5-8,11H,3-4,9-10H2,1-2H3. The zero-order chi connectivity index (χ0) is 17.1. The molecule has 2 aromatic heterocycles. The molecule has 0 radical (unpaired) electrons. The Hall–Kier alpha value is -2.09. The van der Waals surface area contributed by atoms with Crippen molar-refractivity contribution in [3.8, 4) is 5.88 Å². The van der Waals surface area contributed by atoms with Gasteiger partial charge in [0.25, 0.3) is 11.8 Å². The monoisotopic (exact) mass is 394 g/mol. The Labute approximate surface area is 148 Å². The van der Waals surface area contributed by atoms with Gasteiger partial charge in [-0.2, -0.15) is 0 Å². The molecule has 8 heteroatoms. The lowest BCUT2D eigenvalue weighted by Crippen LogP contribution is -2.44. The number of anilines is 1. The highest BCUT2D eigenvalue weighted by atomic mass is 79.9. The summed E-state index contributed by atoms with van der Waals surface area (Å²) in [5, 5.41) is 0. The summed E-state index contributed by atoms with van der Waals surface area (Å²) in [5.74, 6) is 1.37. The molecular formula is C16H19BrN4O3. The Morgan fingerprint density at radius 1 is 1.38 bits per heavy atom. The van der Waals surface area contributed by atoms with E-state index in [2.05, 4.69) is 25.9 Å². The molecule has 1 aliphatic heterocycles. The Kier molecular flexibility index (Phi) is 5.03. The molecule has 0 bridgehead atoms.